The van der Waals surface area contributed by atoms with Gasteiger partial charge >= 0.3 is 0 Å². The van der Waals surface area contributed by atoms with E-state index in [0.29, 0.717) is 13.2 Å². The van der Waals surface area contributed by atoms with Gasteiger partial charge in [-0.2, -0.15) is 0 Å². The van der Waals surface area contributed by atoms with Crippen LogP contribution < -0.4 is 40.9 Å². The first-order valence-electron chi connectivity index (χ1n) is 28.4. The van der Waals surface area contributed by atoms with Crippen LogP contribution in [0.4, 0.5) is 17.1 Å². The minimum atomic E-state index is -3.47. The van der Waals surface area contributed by atoms with Crippen molar-refractivity contribution < 1.29 is 18.8 Å². The van der Waals surface area contributed by atoms with Gasteiger partial charge in [-0.1, -0.05) is 188 Å². The van der Waals surface area contributed by atoms with Crippen LogP contribution in [0.5, 0.6) is 11.5 Å². The molecule has 14 rings (SSSR count). The summed E-state index contributed by atoms with van der Waals surface area (Å²) in [5.74, 6) is 1.35. The lowest BCUT2D eigenvalue weighted by atomic mass is 9.63. The highest BCUT2D eigenvalue weighted by Crippen LogP contribution is 2.78. The second kappa shape index (κ2) is 21.6. The van der Waals surface area contributed by atoms with Crippen LogP contribution in [0.1, 0.15) is 52.2 Å². The Kier molecular flexibility index (Phi) is 13.6. The van der Waals surface area contributed by atoms with Gasteiger partial charge in [0.2, 0.25) is 0 Å². The molecule has 0 N–H and O–H groups in total. The summed E-state index contributed by atoms with van der Waals surface area (Å²) >= 11 is 0. The number of benzene rings is 11. The summed E-state index contributed by atoms with van der Waals surface area (Å²) in [4.78, 5) is 2.34. The number of hydrogen-bond donors (Lipinski definition) is 0. The molecule has 1 saturated heterocycles. The Labute approximate surface area is 476 Å². The number of hydrogen-bond acceptors (Lipinski definition) is 5. The maximum atomic E-state index is 17.5. The summed E-state index contributed by atoms with van der Waals surface area (Å²) in [6.07, 6.45) is 3.06. The van der Waals surface area contributed by atoms with Crippen LogP contribution in [-0.4, -0.2) is 32.1 Å². The van der Waals surface area contributed by atoms with E-state index in [0.717, 1.165) is 103 Å². The molecule has 3 aliphatic rings. The zero-order valence-corrected chi connectivity index (χ0v) is 46.9. The Morgan fingerprint density at radius 2 is 0.988 bits per heavy atom. The number of anilines is 3. The molecule has 396 valence electrons. The Hall–Kier alpha value is -8.30. The molecule has 1 fully saturated rings. The normalized spacial score (nSPS) is 19.5. The summed E-state index contributed by atoms with van der Waals surface area (Å²) in [6, 6.07) is 103. The number of fused-ring (bicyclic) bond motifs is 7. The second-order valence-corrected chi connectivity index (χ2v) is 28.1. The summed E-state index contributed by atoms with van der Waals surface area (Å²) in [6.45, 7) is 1.82. The minimum absolute atomic E-state index is 0.125. The van der Waals surface area contributed by atoms with Gasteiger partial charge in [-0.3, -0.25) is 0 Å². The molecule has 7 heteroatoms. The Bertz CT molecular complexity index is 3880. The number of rotatable bonds is 18. The fourth-order valence-corrected chi connectivity index (χ4v) is 22.1. The van der Waals surface area contributed by atoms with E-state index in [1.54, 1.807) is 0 Å². The van der Waals surface area contributed by atoms with E-state index in [2.05, 4.69) is 284 Å². The zero-order valence-electron chi connectivity index (χ0n) is 45.1. The van der Waals surface area contributed by atoms with E-state index in [-0.39, 0.29) is 17.7 Å². The highest BCUT2D eigenvalue weighted by Gasteiger charge is 2.65. The van der Waals surface area contributed by atoms with Gasteiger partial charge in [-0.15, -0.1) is 0 Å². The van der Waals surface area contributed by atoms with Crippen molar-refractivity contribution in [3.05, 3.63) is 313 Å². The van der Waals surface area contributed by atoms with E-state index < -0.39 is 19.8 Å². The third-order valence-corrected chi connectivity index (χ3v) is 25.3. The molecule has 0 amide bonds. The Balaban J connectivity index is 0.902. The standard InChI is InChI=1S/C74H62NO4P2/c76-81(66-34-17-6-18-35-66)72-67-36-20-19-23-54(67)37-47-69(72)71-73(81)68-48-42-59(75(57-24-7-1-8-25-57)58-26-9-2-10-27-58)51-70(68)74(71,56-40-45-61(46-41-56)78-52-62-53-79-62)55-38-43-60(44-39-55)77-49-21-22-50-80(63-28-11-3-12-29-63,64-30-13-4-14-31-64)65-32-15-5-16-33-65/h1-20,23-48,51,62,71,73H,21-22,49-50,52-53H2/q+1. The summed E-state index contributed by atoms with van der Waals surface area (Å²) in [5, 5.41) is 8.18. The third-order valence-electron chi connectivity index (χ3n) is 17.2. The predicted octanol–water partition coefficient (Wildman–Crippen LogP) is 15.7. The molecule has 11 aromatic carbocycles. The molecule has 0 bridgehead atoms. The van der Waals surface area contributed by atoms with Gasteiger partial charge < -0.3 is 23.7 Å². The number of para-hydroxylation sites is 2. The minimum Gasteiger partial charge on any atom is -0.494 e. The highest BCUT2D eigenvalue weighted by atomic mass is 31.2. The molecular formula is C74H62NO4P2+. The largest absolute Gasteiger partial charge is 0.494 e. The van der Waals surface area contributed by atoms with E-state index in [4.69, 9.17) is 14.2 Å². The fraction of sp³-hybridized carbons (Fsp3) is 0.135. The predicted molar refractivity (Wildman–Crippen MR) is 337 cm³/mol. The number of nitrogens with zero attached hydrogens (tertiary/aromatic N) is 1. The van der Waals surface area contributed by atoms with Gasteiger partial charge in [0.05, 0.1) is 30.4 Å². The molecule has 2 aliphatic heterocycles. The summed E-state index contributed by atoms with van der Waals surface area (Å²) < 4.78 is 36.2. The molecule has 0 saturated carbocycles. The maximum Gasteiger partial charge on any atom is 0.151 e. The molecule has 5 nitrogen and oxygen atoms in total. The molecular weight excluding hydrogens is 1030 g/mol. The lowest BCUT2D eigenvalue weighted by Crippen LogP contribution is -2.34. The van der Waals surface area contributed by atoms with E-state index in [9.17, 15) is 0 Å². The average Bonchev–Trinajstić information content (AvgIpc) is 3.94. The van der Waals surface area contributed by atoms with Crippen molar-refractivity contribution in [1.29, 1.82) is 0 Å². The van der Waals surface area contributed by atoms with E-state index in [1.807, 2.05) is 6.07 Å². The second-order valence-electron chi connectivity index (χ2n) is 21.6. The molecule has 5 atom stereocenters. The van der Waals surface area contributed by atoms with Crippen LogP contribution >= 0.6 is 14.4 Å². The third kappa shape index (κ3) is 8.91. The van der Waals surface area contributed by atoms with Crippen molar-refractivity contribution in [2.24, 2.45) is 0 Å². The molecule has 11 aromatic rings. The monoisotopic (exact) mass is 1090 g/mol. The highest BCUT2D eigenvalue weighted by molar-refractivity contribution is 7.95. The quantitative estimate of drug-likeness (QED) is 0.0487. The van der Waals surface area contributed by atoms with Gasteiger partial charge in [0.15, 0.2) is 7.14 Å². The van der Waals surface area contributed by atoms with Crippen molar-refractivity contribution in [3.8, 4) is 11.5 Å². The zero-order chi connectivity index (χ0) is 54.2. The van der Waals surface area contributed by atoms with Crippen LogP contribution in [0.3, 0.4) is 0 Å². The van der Waals surface area contributed by atoms with Crippen molar-refractivity contribution in [2.45, 2.75) is 35.9 Å². The first-order valence-corrected chi connectivity index (χ1v) is 32.2. The molecule has 0 spiro atoms. The molecule has 0 radical (unpaired) electrons. The summed E-state index contributed by atoms with van der Waals surface area (Å²) in [5.41, 5.74) is 7.46. The van der Waals surface area contributed by atoms with Crippen LogP contribution in [-0.2, 0) is 14.7 Å². The van der Waals surface area contributed by atoms with Crippen LogP contribution in [0.2, 0.25) is 0 Å². The van der Waals surface area contributed by atoms with Crippen molar-refractivity contribution >= 4 is 68.8 Å². The average molecular weight is 1090 g/mol. The van der Waals surface area contributed by atoms with Crippen LogP contribution in [0.15, 0.2) is 285 Å². The number of epoxide rings is 1. The van der Waals surface area contributed by atoms with Crippen molar-refractivity contribution in [2.75, 3.05) is 30.9 Å². The van der Waals surface area contributed by atoms with Gasteiger partial charge in [0.25, 0.3) is 0 Å². The van der Waals surface area contributed by atoms with Gasteiger partial charge in [-0.25, -0.2) is 0 Å². The van der Waals surface area contributed by atoms with Crippen molar-refractivity contribution in [3.63, 3.8) is 0 Å². The first-order chi connectivity index (χ1) is 40.0. The lowest BCUT2D eigenvalue weighted by molar-refractivity contribution is 0.263. The smallest absolute Gasteiger partial charge is 0.151 e. The van der Waals surface area contributed by atoms with Crippen LogP contribution in [0.25, 0.3) is 10.8 Å². The molecule has 5 unspecified atom stereocenters. The summed E-state index contributed by atoms with van der Waals surface area (Å²) in [7, 11) is -5.44. The Morgan fingerprint density at radius 1 is 0.494 bits per heavy atom. The van der Waals surface area contributed by atoms with Crippen LogP contribution in [0, 0.1) is 0 Å². The van der Waals surface area contributed by atoms with E-state index in [1.165, 1.54) is 15.9 Å². The first kappa shape index (κ1) is 50.9. The molecule has 81 heavy (non-hydrogen) atoms. The van der Waals surface area contributed by atoms with Gasteiger partial charge in [-0.05, 0) is 148 Å². The number of ether oxygens (including phenoxy) is 3. The maximum absolute atomic E-state index is 17.5. The lowest BCUT2D eigenvalue weighted by Gasteiger charge is -2.39. The van der Waals surface area contributed by atoms with Gasteiger partial charge in [0, 0.05) is 33.6 Å². The molecule has 1 aliphatic carbocycles. The fourth-order valence-electron chi connectivity index (χ4n) is 13.6. The van der Waals surface area contributed by atoms with Gasteiger partial charge in [0.1, 0.15) is 47.4 Å². The number of unbranched alkanes of at least 4 members (excludes halogenated alkanes) is 1. The molecule has 0 aromatic heterocycles. The Morgan fingerprint density at radius 3 is 1.54 bits per heavy atom. The van der Waals surface area contributed by atoms with E-state index >= 15 is 4.57 Å². The topological polar surface area (TPSA) is 51.3 Å². The van der Waals surface area contributed by atoms with Crippen molar-refractivity contribution in [1.82, 2.24) is 0 Å². The SMILES string of the molecule is O=P1(c2ccccc2)c2c(ccc3ccccc23)C2C1c1ccc(N(c3ccccc3)c3ccccc3)cc1C2(c1ccc(OCCCC[P+](c2ccccc2)(c2ccccc2)c2ccccc2)cc1)c1ccc(OCC2CO2)cc1. The molecule has 2 heterocycles.